The molecule has 0 radical (unpaired) electrons. The summed E-state index contributed by atoms with van der Waals surface area (Å²) < 4.78 is 5.80. The van der Waals surface area contributed by atoms with Crippen molar-refractivity contribution in [3.05, 3.63) is 47.8 Å². The summed E-state index contributed by atoms with van der Waals surface area (Å²) in [5, 5.41) is 7.10. The maximum atomic E-state index is 13.0. The molecular formula is C19H23N3O2. The number of ether oxygens (including phenoxy) is 1. The number of carbonyl (C=O) groups excluding carboxylic acids is 1. The molecule has 1 aromatic heterocycles. The highest BCUT2D eigenvalue weighted by Gasteiger charge is 2.30. The molecule has 2 aromatic rings. The summed E-state index contributed by atoms with van der Waals surface area (Å²) in [4.78, 5) is 15.0. The Morgan fingerprint density at radius 2 is 2.00 bits per heavy atom. The molecule has 5 heteroatoms. The van der Waals surface area contributed by atoms with E-state index in [2.05, 4.69) is 16.3 Å². The number of hydrogen-bond donors (Lipinski definition) is 1. The first-order chi connectivity index (χ1) is 11.8. The van der Waals surface area contributed by atoms with E-state index >= 15 is 0 Å². The van der Waals surface area contributed by atoms with Gasteiger partial charge in [-0.3, -0.25) is 9.89 Å². The van der Waals surface area contributed by atoms with E-state index in [4.69, 9.17) is 4.74 Å². The van der Waals surface area contributed by atoms with Crippen LogP contribution in [0.25, 0.3) is 0 Å². The molecule has 1 saturated heterocycles. The lowest BCUT2D eigenvalue weighted by atomic mass is 9.91. The highest BCUT2D eigenvalue weighted by atomic mass is 16.5. The number of amides is 1. The molecule has 0 unspecified atom stereocenters. The number of fused-ring (bicyclic) bond motifs is 1. The molecule has 1 amide bonds. The quantitative estimate of drug-likeness (QED) is 0.923. The van der Waals surface area contributed by atoms with Crippen LogP contribution in [0.5, 0.6) is 5.75 Å². The van der Waals surface area contributed by atoms with E-state index in [1.54, 1.807) is 6.20 Å². The predicted molar refractivity (Wildman–Crippen MR) is 90.9 cm³/mol. The van der Waals surface area contributed by atoms with Crippen LogP contribution in [0, 0.1) is 5.92 Å². The van der Waals surface area contributed by atoms with Crippen molar-refractivity contribution < 1.29 is 9.53 Å². The van der Waals surface area contributed by atoms with Gasteiger partial charge in [0.1, 0.15) is 5.75 Å². The van der Waals surface area contributed by atoms with Crippen molar-refractivity contribution in [3.63, 3.8) is 0 Å². The number of hydrogen-bond acceptors (Lipinski definition) is 3. The number of piperidine rings is 1. The van der Waals surface area contributed by atoms with Crippen LogP contribution >= 0.6 is 0 Å². The molecule has 0 bridgehead atoms. The van der Waals surface area contributed by atoms with Crippen LogP contribution in [0.2, 0.25) is 0 Å². The van der Waals surface area contributed by atoms with Crippen LogP contribution in [0.15, 0.2) is 36.5 Å². The second-order valence-electron chi connectivity index (χ2n) is 6.76. The van der Waals surface area contributed by atoms with Crippen molar-refractivity contribution in [1.82, 2.24) is 15.1 Å². The molecule has 3 heterocycles. The van der Waals surface area contributed by atoms with E-state index in [9.17, 15) is 4.79 Å². The molecule has 1 N–H and O–H groups in total. The number of nitrogens with one attached hydrogen (secondary N) is 1. The maximum absolute atomic E-state index is 13.0. The Morgan fingerprint density at radius 1 is 1.17 bits per heavy atom. The zero-order valence-electron chi connectivity index (χ0n) is 13.8. The van der Waals surface area contributed by atoms with Crippen molar-refractivity contribution in [2.45, 2.75) is 31.6 Å². The Balaban J connectivity index is 1.40. The van der Waals surface area contributed by atoms with Gasteiger partial charge in [0.2, 0.25) is 5.91 Å². The molecule has 4 rings (SSSR count). The predicted octanol–water partition coefficient (Wildman–Crippen LogP) is 2.76. The summed E-state index contributed by atoms with van der Waals surface area (Å²) in [6, 6.07) is 10.1. The lowest BCUT2D eigenvalue weighted by Crippen LogP contribution is -2.42. The van der Waals surface area contributed by atoms with E-state index in [0.29, 0.717) is 18.4 Å². The number of H-pyrrole nitrogens is 1. The molecule has 2 aliphatic rings. The smallest absolute Gasteiger partial charge is 0.226 e. The highest BCUT2D eigenvalue weighted by Crippen LogP contribution is 2.30. The van der Waals surface area contributed by atoms with Crippen molar-refractivity contribution in [2.24, 2.45) is 5.92 Å². The standard InChI is InChI=1S/C19H23N3O2/c23-19(16-8-12-24-18-4-2-1-3-15(18)13-16)22-10-6-14(7-11-22)17-5-9-20-21-17/h1-5,9,14,16H,6-8,10-13H2,(H,20,21)/t16-/m1/s1. The average molecular weight is 325 g/mol. The van der Waals surface area contributed by atoms with Crippen LogP contribution in [0.4, 0.5) is 0 Å². The number of benzene rings is 1. The van der Waals surface area contributed by atoms with Gasteiger partial charge in [-0.15, -0.1) is 0 Å². The Bertz CT molecular complexity index is 690. The topological polar surface area (TPSA) is 58.2 Å². The SMILES string of the molecule is O=C([C@@H]1CCOc2ccccc2C1)N1CCC(c2ccn[nH]2)CC1. The van der Waals surface area contributed by atoms with Gasteiger partial charge in [-0.25, -0.2) is 0 Å². The van der Waals surface area contributed by atoms with Gasteiger partial charge in [0.05, 0.1) is 6.61 Å². The minimum Gasteiger partial charge on any atom is -0.493 e. The average Bonchev–Trinajstić information content (AvgIpc) is 3.08. The molecule has 1 atom stereocenters. The summed E-state index contributed by atoms with van der Waals surface area (Å²) in [6.07, 6.45) is 5.40. The first-order valence-electron chi connectivity index (χ1n) is 8.80. The Hall–Kier alpha value is -2.30. The number of nitrogens with zero attached hydrogens (tertiary/aromatic N) is 2. The van der Waals surface area contributed by atoms with Crippen molar-refractivity contribution in [3.8, 4) is 5.75 Å². The van der Waals surface area contributed by atoms with E-state index in [1.165, 1.54) is 5.69 Å². The number of carbonyl (C=O) groups is 1. The van der Waals surface area contributed by atoms with Crippen LogP contribution in [-0.4, -0.2) is 40.7 Å². The highest BCUT2D eigenvalue weighted by molar-refractivity contribution is 5.79. The van der Waals surface area contributed by atoms with Gasteiger partial charge in [-0.2, -0.15) is 5.10 Å². The van der Waals surface area contributed by atoms with Crippen LogP contribution < -0.4 is 4.74 Å². The summed E-state index contributed by atoms with van der Waals surface area (Å²) in [6.45, 7) is 2.29. The van der Waals surface area contributed by atoms with E-state index in [-0.39, 0.29) is 5.92 Å². The monoisotopic (exact) mass is 325 g/mol. The second-order valence-corrected chi connectivity index (χ2v) is 6.76. The molecule has 0 aliphatic carbocycles. The van der Waals surface area contributed by atoms with Crippen LogP contribution in [0.1, 0.15) is 36.4 Å². The molecule has 24 heavy (non-hydrogen) atoms. The largest absolute Gasteiger partial charge is 0.493 e. The number of rotatable bonds is 2. The number of aromatic amines is 1. The summed E-state index contributed by atoms with van der Waals surface area (Å²) in [5.41, 5.74) is 2.35. The fourth-order valence-electron chi connectivity index (χ4n) is 3.87. The number of likely N-dealkylation sites (tertiary alicyclic amines) is 1. The van der Waals surface area contributed by atoms with Gasteiger partial charge in [0, 0.05) is 36.8 Å². The minimum absolute atomic E-state index is 0.0392. The Labute approximate surface area is 142 Å². The van der Waals surface area contributed by atoms with Crippen LogP contribution in [-0.2, 0) is 11.2 Å². The Morgan fingerprint density at radius 3 is 2.79 bits per heavy atom. The molecule has 1 aromatic carbocycles. The summed E-state index contributed by atoms with van der Waals surface area (Å²) >= 11 is 0. The molecule has 1 fully saturated rings. The third kappa shape index (κ3) is 3.03. The maximum Gasteiger partial charge on any atom is 0.226 e. The van der Waals surface area contributed by atoms with Gasteiger partial charge in [0.25, 0.3) is 0 Å². The number of aromatic nitrogens is 2. The Kier molecular flexibility index (Phi) is 4.24. The first kappa shape index (κ1) is 15.2. The van der Waals surface area contributed by atoms with E-state index in [0.717, 1.165) is 50.1 Å². The molecule has 2 aliphatic heterocycles. The zero-order chi connectivity index (χ0) is 16.4. The first-order valence-corrected chi connectivity index (χ1v) is 8.80. The van der Waals surface area contributed by atoms with Gasteiger partial charge < -0.3 is 9.64 Å². The third-order valence-electron chi connectivity index (χ3n) is 5.28. The fraction of sp³-hybridized carbons (Fsp3) is 0.474. The number of para-hydroxylation sites is 1. The fourth-order valence-corrected chi connectivity index (χ4v) is 3.87. The normalized spacial score (nSPS) is 21.7. The van der Waals surface area contributed by atoms with Crippen molar-refractivity contribution in [2.75, 3.05) is 19.7 Å². The minimum atomic E-state index is 0.0392. The van der Waals surface area contributed by atoms with Crippen molar-refractivity contribution >= 4 is 5.91 Å². The summed E-state index contributed by atoms with van der Waals surface area (Å²) in [5.74, 6) is 1.76. The zero-order valence-corrected chi connectivity index (χ0v) is 13.8. The van der Waals surface area contributed by atoms with Gasteiger partial charge in [-0.1, -0.05) is 18.2 Å². The molecule has 0 spiro atoms. The lowest BCUT2D eigenvalue weighted by molar-refractivity contribution is -0.136. The lowest BCUT2D eigenvalue weighted by Gasteiger charge is -2.33. The van der Waals surface area contributed by atoms with Gasteiger partial charge in [0.15, 0.2) is 0 Å². The summed E-state index contributed by atoms with van der Waals surface area (Å²) in [7, 11) is 0. The molecule has 5 nitrogen and oxygen atoms in total. The van der Waals surface area contributed by atoms with E-state index < -0.39 is 0 Å². The van der Waals surface area contributed by atoms with Crippen molar-refractivity contribution in [1.29, 1.82) is 0 Å². The van der Waals surface area contributed by atoms with Gasteiger partial charge in [-0.05, 0) is 43.4 Å². The van der Waals surface area contributed by atoms with Gasteiger partial charge >= 0.3 is 0 Å². The third-order valence-corrected chi connectivity index (χ3v) is 5.28. The molecular weight excluding hydrogens is 302 g/mol. The van der Waals surface area contributed by atoms with E-state index in [1.807, 2.05) is 29.2 Å². The second kappa shape index (κ2) is 6.67. The van der Waals surface area contributed by atoms with Crippen LogP contribution in [0.3, 0.4) is 0 Å². The molecule has 0 saturated carbocycles. The molecule has 126 valence electrons.